The Kier molecular flexibility index (Phi) is 2.92. The van der Waals surface area contributed by atoms with Crippen LogP contribution in [0.3, 0.4) is 0 Å². The quantitative estimate of drug-likeness (QED) is 0.843. The number of nitrogens with zero attached hydrogens (tertiary/aromatic N) is 1. The molecule has 0 unspecified atom stereocenters. The zero-order chi connectivity index (χ0) is 11.5. The molecule has 0 radical (unpaired) electrons. The number of anilines is 3. The number of rotatable bonds is 2. The van der Waals surface area contributed by atoms with E-state index in [0.29, 0.717) is 22.1 Å². The van der Waals surface area contributed by atoms with Gasteiger partial charge in [0.15, 0.2) is 0 Å². The SMILES string of the molecule is Nc1cnccc1Nc1ccc(F)cc1Cl. The maximum absolute atomic E-state index is 12.8. The van der Waals surface area contributed by atoms with Crippen molar-refractivity contribution in [2.24, 2.45) is 0 Å². The summed E-state index contributed by atoms with van der Waals surface area (Å²) in [5.74, 6) is -0.377. The predicted molar refractivity (Wildman–Crippen MR) is 63.3 cm³/mol. The van der Waals surface area contributed by atoms with Crippen LogP contribution < -0.4 is 11.1 Å². The molecule has 0 saturated carbocycles. The summed E-state index contributed by atoms with van der Waals surface area (Å²) in [5.41, 5.74) is 7.49. The molecule has 82 valence electrons. The molecule has 16 heavy (non-hydrogen) atoms. The van der Waals surface area contributed by atoms with Crippen LogP contribution in [0.2, 0.25) is 5.02 Å². The molecule has 0 aliphatic rings. The number of hydrogen-bond acceptors (Lipinski definition) is 3. The normalized spacial score (nSPS) is 10.1. The molecule has 2 aromatic rings. The molecule has 0 aliphatic carbocycles. The second kappa shape index (κ2) is 4.37. The Balaban J connectivity index is 2.31. The lowest BCUT2D eigenvalue weighted by atomic mass is 10.3. The molecule has 0 amide bonds. The highest BCUT2D eigenvalue weighted by Gasteiger charge is 2.04. The van der Waals surface area contributed by atoms with Gasteiger partial charge in [-0.2, -0.15) is 0 Å². The summed E-state index contributed by atoms with van der Waals surface area (Å²) >= 11 is 5.87. The number of pyridine rings is 1. The van der Waals surface area contributed by atoms with Gasteiger partial charge in [-0.1, -0.05) is 11.6 Å². The molecule has 2 rings (SSSR count). The highest BCUT2D eigenvalue weighted by atomic mass is 35.5. The van der Waals surface area contributed by atoms with Crippen LogP contribution in [-0.4, -0.2) is 4.98 Å². The summed E-state index contributed by atoms with van der Waals surface area (Å²) in [4.78, 5) is 3.87. The van der Waals surface area contributed by atoms with Gasteiger partial charge in [0.25, 0.3) is 0 Å². The summed E-state index contributed by atoms with van der Waals surface area (Å²) in [7, 11) is 0. The van der Waals surface area contributed by atoms with Crippen molar-refractivity contribution in [2.75, 3.05) is 11.1 Å². The van der Waals surface area contributed by atoms with Gasteiger partial charge in [-0.15, -0.1) is 0 Å². The highest BCUT2D eigenvalue weighted by molar-refractivity contribution is 6.33. The van der Waals surface area contributed by atoms with Gasteiger partial charge in [0.1, 0.15) is 5.82 Å². The highest BCUT2D eigenvalue weighted by Crippen LogP contribution is 2.28. The Morgan fingerprint density at radius 2 is 2.06 bits per heavy atom. The van der Waals surface area contributed by atoms with Crippen molar-refractivity contribution in [1.29, 1.82) is 0 Å². The number of benzene rings is 1. The van der Waals surface area contributed by atoms with E-state index < -0.39 is 0 Å². The Labute approximate surface area is 97.1 Å². The molecular formula is C11H9ClFN3. The third kappa shape index (κ3) is 2.23. The number of aromatic nitrogens is 1. The second-order valence-electron chi connectivity index (χ2n) is 3.21. The van der Waals surface area contributed by atoms with Gasteiger partial charge in [0.05, 0.1) is 28.3 Å². The van der Waals surface area contributed by atoms with E-state index in [9.17, 15) is 4.39 Å². The molecule has 0 aliphatic heterocycles. The van der Waals surface area contributed by atoms with Crippen LogP contribution in [0.15, 0.2) is 36.7 Å². The zero-order valence-corrected chi connectivity index (χ0v) is 9.00. The van der Waals surface area contributed by atoms with Crippen LogP contribution in [0, 0.1) is 5.82 Å². The topological polar surface area (TPSA) is 50.9 Å². The molecule has 1 heterocycles. The van der Waals surface area contributed by atoms with Crippen LogP contribution >= 0.6 is 11.6 Å². The van der Waals surface area contributed by atoms with Crippen LogP contribution in [0.25, 0.3) is 0 Å². The Morgan fingerprint density at radius 3 is 2.75 bits per heavy atom. The van der Waals surface area contributed by atoms with Crippen molar-refractivity contribution >= 4 is 28.7 Å². The molecule has 5 heteroatoms. The molecule has 0 spiro atoms. The van der Waals surface area contributed by atoms with E-state index in [1.807, 2.05) is 0 Å². The maximum atomic E-state index is 12.8. The van der Waals surface area contributed by atoms with Crippen molar-refractivity contribution in [2.45, 2.75) is 0 Å². The maximum Gasteiger partial charge on any atom is 0.124 e. The summed E-state index contributed by atoms with van der Waals surface area (Å²) in [6.45, 7) is 0. The van der Waals surface area contributed by atoms with E-state index in [0.717, 1.165) is 0 Å². The summed E-state index contributed by atoms with van der Waals surface area (Å²) in [5, 5.41) is 3.31. The van der Waals surface area contributed by atoms with Crippen molar-refractivity contribution in [3.63, 3.8) is 0 Å². The van der Waals surface area contributed by atoms with Crippen molar-refractivity contribution in [1.82, 2.24) is 4.98 Å². The molecule has 3 N–H and O–H groups in total. The van der Waals surface area contributed by atoms with E-state index in [-0.39, 0.29) is 5.82 Å². The lowest BCUT2D eigenvalue weighted by Gasteiger charge is -2.09. The van der Waals surface area contributed by atoms with Gasteiger partial charge in [-0.05, 0) is 24.3 Å². The van der Waals surface area contributed by atoms with Gasteiger partial charge < -0.3 is 11.1 Å². The first-order valence-corrected chi connectivity index (χ1v) is 4.96. The monoisotopic (exact) mass is 237 g/mol. The smallest absolute Gasteiger partial charge is 0.124 e. The first-order valence-electron chi connectivity index (χ1n) is 4.58. The molecule has 0 bridgehead atoms. The lowest BCUT2D eigenvalue weighted by molar-refractivity contribution is 0.628. The van der Waals surface area contributed by atoms with Gasteiger partial charge in [0.2, 0.25) is 0 Å². The first kappa shape index (κ1) is 10.7. The molecule has 0 saturated heterocycles. The molecule has 1 aromatic carbocycles. The summed E-state index contributed by atoms with van der Waals surface area (Å²) < 4.78 is 12.8. The molecular weight excluding hydrogens is 229 g/mol. The van der Waals surface area contributed by atoms with Crippen LogP contribution in [0.4, 0.5) is 21.5 Å². The Hall–Kier alpha value is -1.81. The minimum atomic E-state index is -0.377. The lowest BCUT2D eigenvalue weighted by Crippen LogP contribution is -1.97. The van der Waals surface area contributed by atoms with Crippen LogP contribution in [0.5, 0.6) is 0 Å². The molecule has 3 nitrogen and oxygen atoms in total. The van der Waals surface area contributed by atoms with Gasteiger partial charge in [-0.25, -0.2) is 4.39 Å². The zero-order valence-electron chi connectivity index (χ0n) is 8.24. The largest absolute Gasteiger partial charge is 0.396 e. The van der Waals surface area contributed by atoms with Crippen molar-refractivity contribution < 1.29 is 4.39 Å². The fraction of sp³-hybridized carbons (Fsp3) is 0. The fourth-order valence-corrected chi connectivity index (χ4v) is 1.47. The van der Waals surface area contributed by atoms with E-state index in [1.54, 1.807) is 18.3 Å². The van der Waals surface area contributed by atoms with E-state index in [4.69, 9.17) is 17.3 Å². The Bertz CT molecular complexity index is 516. The first-order chi connectivity index (χ1) is 7.66. The standard InChI is InChI=1S/C11H9ClFN3/c12-8-5-7(13)1-2-10(8)16-11-3-4-15-6-9(11)14/h1-6H,14H2,(H,15,16). The molecule has 0 fully saturated rings. The number of hydrogen-bond donors (Lipinski definition) is 2. The van der Waals surface area contributed by atoms with Gasteiger partial charge in [0, 0.05) is 6.20 Å². The van der Waals surface area contributed by atoms with Gasteiger partial charge >= 0.3 is 0 Å². The van der Waals surface area contributed by atoms with Crippen molar-refractivity contribution in [3.05, 3.63) is 47.5 Å². The average Bonchev–Trinajstić information content (AvgIpc) is 2.25. The number of nitrogens with two attached hydrogens (primary N) is 1. The third-order valence-corrected chi connectivity index (χ3v) is 2.37. The number of nitrogens with one attached hydrogen (secondary N) is 1. The van der Waals surface area contributed by atoms with Crippen LogP contribution in [-0.2, 0) is 0 Å². The number of halogens is 2. The number of nitrogen functional groups attached to an aromatic ring is 1. The second-order valence-corrected chi connectivity index (χ2v) is 3.62. The predicted octanol–water partition coefficient (Wildman–Crippen LogP) is 3.20. The summed E-state index contributed by atoms with van der Waals surface area (Å²) in [6, 6.07) is 5.83. The molecule has 0 atom stereocenters. The third-order valence-electron chi connectivity index (χ3n) is 2.05. The summed E-state index contributed by atoms with van der Waals surface area (Å²) in [6.07, 6.45) is 3.13. The van der Waals surface area contributed by atoms with E-state index >= 15 is 0 Å². The minimum absolute atomic E-state index is 0.302. The van der Waals surface area contributed by atoms with Crippen molar-refractivity contribution in [3.8, 4) is 0 Å². The average molecular weight is 238 g/mol. The van der Waals surface area contributed by atoms with Crippen LogP contribution in [0.1, 0.15) is 0 Å². The van der Waals surface area contributed by atoms with E-state index in [1.165, 1.54) is 18.3 Å². The molecule has 1 aromatic heterocycles. The van der Waals surface area contributed by atoms with Gasteiger partial charge in [-0.3, -0.25) is 4.98 Å². The fourth-order valence-electron chi connectivity index (χ4n) is 1.26. The Morgan fingerprint density at radius 1 is 1.25 bits per heavy atom. The minimum Gasteiger partial charge on any atom is -0.396 e. The van der Waals surface area contributed by atoms with E-state index in [2.05, 4.69) is 10.3 Å².